The van der Waals surface area contributed by atoms with E-state index in [0.717, 1.165) is 51.0 Å². The summed E-state index contributed by atoms with van der Waals surface area (Å²) in [5, 5.41) is 0. The summed E-state index contributed by atoms with van der Waals surface area (Å²) >= 11 is 0. The van der Waals surface area contributed by atoms with Crippen LogP contribution in [0.25, 0.3) is 0 Å². The van der Waals surface area contributed by atoms with Crippen LogP contribution in [-0.2, 0) is 14.3 Å². The summed E-state index contributed by atoms with van der Waals surface area (Å²) in [5.41, 5.74) is 1.23. The number of hydrogen-bond acceptors (Lipinski definition) is 3. The van der Waals surface area contributed by atoms with Crippen LogP contribution in [0.4, 0.5) is 0 Å². The van der Waals surface area contributed by atoms with E-state index in [0.29, 0.717) is 0 Å². The largest absolute Gasteiger partial charge is 0.375 e. The van der Waals surface area contributed by atoms with Gasteiger partial charge in [-0.2, -0.15) is 0 Å². The van der Waals surface area contributed by atoms with Crippen LogP contribution in [0.15, 0.2) is 30.3 Å². The lowest BCUT2D eigenvalue weighted by atomic mass is 9.67. The normalized spacial score (nSPS) is 23.1. The molecule has 2 saturated heterocycles. The van der Waals surface area contributed by atoms with Crippen molar-refractivity contribution in [2.45, 2.75) is 32.1 Å². The Morgan fingerprint density at radius 2 is 1.92 bits per heavy atom. The van der Waals surface area contributed by atoms with Crippen molar-refractivity contribution in [3.63, 3.8) is 0 Å². The van der Waals surface area contributed by atoms with E-state index in [4.69, 9.17) is 4.74 Å². The zero-order valence-corrected chi connectivity index (χ0v) is 15.2. The molecular formula is C20H28N2O3. The molecule has 0 saturated carbocycles. The summed E-state index contributed by atoms with van der Waals surface area (Å²) in [6.45, 7) is 5.29. The number of nitrogens with zero attached hydrogens (tertiary/aromatic N) is 2. The van der Waals surface area contributed by atoms with Gasteiger partial charge >= 0.3 is 0 Å². The molecule has 5 nitrogen and oxygen atoms in total. The standard InChI is InChI=1S/C20H28N2O3/c1-3-21-15-20(9-11-22(12-10-20)18(23)14-25-2)13-17(19(21)24)16-7-5-4-6-8-16/h4-8,17H,3,9-15H2,1-2H3. The minimum Gasteiger partial charge on any atom is -0.375 e. The molecule has 3 rings (SSSR count). The van der Waals surface area contributed by atoms with E-state index in [2.05, 4.69) is 19.1 Å². The molecule has 1 aromatic rings. The second-order valence-electron chi connectivity index (χ2n) is 7.33. The van der Waals surface area contributed by atoms with Crippen LogP contribution in [0.1, 0.15) is 37.7 Å². The number of rotatable bonds is 4. The third-order valence-electron chi connectivity index (χ3n) is 5.80. The van der Waals surface area contributed by atoms with Crippen LogP contribution in [0.2, 0.25) is 0 Å². The predicted octanol–water partition coefficient (Wildman–Crippen LogP) is 2.28. The average Bonchev–Trinajstić information content (AvgIpc) is 2.65. The fourth-order valence-electron chi connectivity index (χ4n) is 4.31. The van der Waals surface area contributed by atoms with Crippen LogP contribution in [0.3, 0.4) is 0 Å². The van der Waals surface area contributed by atoms with Gasteiger partial charge in [0.05, 0.1) is 5.92 Å². The van der Waals surface area contributed by atoms with E-state index in [1.807, 2.05) is 28.0 Å². The molecule has 5 heteroatoms. The quantitative estimate of drug-likeness (QED) is 0.842. The Kier molecular flexibility index (Phi) is 5.42. The molecule has 0 radical (unpaired) electrons. The molecule has 2 heterocycles. The van der Waals surface area contributed by atoms with E-state index in [1.165, 1.54) is 0 Å². The highest BCUT2D eigenvalue weighted by Crippen LogP contribution is 2.45. The summed E-state index contributed by atoms with van der Waals surface area (Å²) in [6, 6.07) is 10.1. The summed E-state index contributed by atoms with van der Waals surface area (Å²) in [4.78, 5) is 28.9. The molecule has 2 aliphatic heterocycles. The Morgan fingerprint density at radius 1 is 1.24 bits per heavy atom. The average molecular weight is 344 g/mol. The zero-order valence-electron chi connectivity index (χ0n) is 15.2. The highest BCUT2D eigenvalue weighted by atomic mass is 16.5. The highest BCUT2D eigenvalue weighted by molar-refractivity contribution is 5.85. The maximum absolute atomic E-state index is 12.9. The fraction of sp³-hybridized carbons (Fsp3) is 0.600. The van der Waals surface area contributed by atoms with Gasteiger partial charge in [0.15, 0.2) is 0 Å². The van der Waals surface area contributed by atoms with Gasteiger partial charge < -0.3 is 14.5 Å². The molecule has 1 unspecified atom stereocenters. The number of hydrogen-bond donors (Lipinski definition) is 0. The minimum absolute atomic E-state index is 0.0591. The number of likely N-dealkylation sites (N-methyl/N-ethyl adjacent to an activating group) is 1. The number of benzene rings is 1. The number of piperidine rings is 2. The Morgan fingerprint density at radius 3 is 2.52 bits per heavy atom. The van der Waals surface area contributed by atoms with Crippen LogP contribution in [0.5, 0.6) is 0 Å². The van der Waals surface area contributed by atoms with Crippen molar-refractivity contribution in [1.82, 2.24) is 9.80 Å². The lowest BCUT2D eigenvalue weighted by Gasteiger charge is -2.49. The summed E-state index contributed by atoms with van der Waals surface area (Å²) in [6.07, 6.45) is 2.80. The SMILES string of the molecule is CCN1CC2(CCN(C(=O)COC)CC2)CC(c2ccccc2)C1=O. The fourth-order valence-corrected chi connectivity index (χ4v) is 4.31. The molecule has 2 fully saturated rings. The first-order chi connectivity index (χ1) is 12.1. The first-order valence-electron chi connectivity index (χ1n) is 9.19. The van der Waals surface area contributed by atoms with Crippen LogP contribution < -0.4 is 0 Å². The molecule has 136 valence electrons. The van der Waals surface area contributed by atoms with Crippen molar-refractivity contribution in [2.75, 3.05) is 39.9 Å². The van der Waals surface area contributed by atoms with Gasteiger partial charge in [-0.25, -0.2) is 0 Å². The number of likely N-dealkylation sites (tertiary alicyclic amines) is 2. The maximum Gasteiger partial charge on any atom is 0.248 e. The van der Waals surface area contributed by atoms with Crippen molar-refractivity contribution in [3.05, 3.63) is 35.9 Å². The van der Waals surface area contributed by atoms with Gasteiger partial charge in [-0.3, -0.25) is 9.59 Å². The topological polar surface area (TPSA) is 49.9 Å². The molecule has 0 N–H and O–H groups in total. The van der Waals surface area contributed by atoms with E-state index in [9.17, 15) is 9.59 Å². The van der Waals surface area contributed by atoms with E-state index < -0.39 is 0 Å². The number of carbonyl (C=O) groups is 2. The van der Waals surface area contributed by atoms with E-state index in [1.54, 1.807) is 7.11 Å². The summed E-state index contributed by atoms with van der Waals surface area (Å²) in [5.74, 6) is 0.254. The van der Waals surface area contributed by atoms with Crippen LogP contribution in [-0.4, -0.2) is 61.5 Å². The second-order valence-corrected chi connectivity index (χ2v) is 7.33. The van der Waals surface area contributed by atoms with Gasteiger partial charge in [0.2, 0.25) is 11.8 Å². The Labute approximate surface area is 149 Å². The van der Waals surface area contributed by atoms with Crippen molar-refractivity contribution >= 4 is 11.8 Å². The molecular weight excluding hydrogens is 316 g/mol. The van der Waals surface area contributed by atoms with Gasteiger partial charge in [0.25, 0.3) is 0 Å². The van der Waals surface area contributed by atoms with Crippen LogP contribution >= 0.6 is 0 Å². The molecule has 0 bridgehead atoms. The Balaban J connectivity index is 1.76. The van der Waals surface area contributed by atoms with Gasteiger partial charge in [0.1, 0.15) is 6.61 Å². The summed E-state index contributed by atoms with van der Waals surface area (Å²) < 4.78 is 4.97. The number of amides is 2. The van der Waals surface area contributed by atoms with Crippen LogP contribution in [0, 0.1) is 5.41 Å². The minimum atomic E-state index is -0.0591. The third kappa shape index (κ3) is 3.71. The van der Waals surface area contributed by atoms with Crippen molar-refractivity contribution in [1.29, 1.82) is 0 Å². The lowest BCUT2D eigenvalue weighted by molar-refractivity contribution is -0.145. The third-order valence-corrected chi connectivity index (χ3v) is 5.80. The molecule has 0 aliphatic carbocycles. The van der Waals surface area contributed by atoms with Gasteiger partial charge in [-0.05, 0) is 37.2 Å². The lowest BCUT2D eigenvalue weighted by Crippen LogP contribution is -2.54. The maximum atomic E-state index is 12.9. The Bertz CT molecular complexity index is 609. The van der Waals surface area contributed by atoms with Crippen molar-refractivity contribution in [3.8, 4) is 0 Å². The first-order valence-corrected chi connectivity index (χ1v) is 9.19. The van der Waals surface area contributed by atoms with E-state index >= 15 is 0 Å². The van der Waals surface area contributed by atoms with E-state index in [-0.39, 0.29) is 29.8 Å². The molecule has 1 atom stereocenters. The molecule has 0 aromatic heterocycles. The number of methoxy groups -OCH3 is 1. The molecule has 1 aromatic carbocycles. The van der Waals surface area contributed by atoms with Gasteiger partial charge in [-0.1, -0.05) is 30.3 Å². The molecule has 2 amide bonds. The highest BCUT2D eigenvalue weighted by Gasteiger charge is 2.46. The van der Waals surface area contributed by atoms with Gasteiger partial charge in [-0.15, -0.1) is 0 Å². The van der Waals surface area contributed by atoms with Crippen molar-refractivity contribution < 1.29 is 14.3 Å². The molecule has 2 aliphatic rings. The number of carbonyl (C=O) groups excluding carboxylic acids is 2. The monoisotopic (exact) mass is 344 g/mol. The summed E-state index contributed by atoms with van der Waals surface area (Å²) in [7, 11) is 1.56. The zero-order chi connectivity index (χ0) is 17.9. The predicted molar refractivity (Wildman–Crippen MR) is 96.2 cm³/mol. The second kappa shape index (κ2) is 7.56. The number of ether oxygens (including phenoxy) is 1. The Hall–Kier alpha value is -1.88. The first kappa shape index (κ1) is 17.9. The van der Waals surface area contributed by atoms with Gasteiger partial charge in [0, 0.05) is 33.3 Å². The molecule has 1 spiro atoms. The smallest absolute Gasteiger partial charge is 0.248 e. The molecule has 25 heavy (non-hydrogen) atoms. The van der Waals surface area contributed by atoms with Crippen molar-refractivity contribution in [2.24, 2.45) is 5.41 Å².